The number of nitrogens with one attached hydrogen (secondary N) is 2. The molecule has 0 saturated carbocycles. The highest BCUT2D eigenvalue weighted by molar-refractivity contribution is 6.31. The first kappa shape index (κ1) is 34.5. The summed E-state index contributed by atoms with van der Waals surface area (Å²) >= 11 is 0. The zero-order valence-corrected chi connectivity index (χ0v) is 26.1. The lowest BCUT2D eigenvalue weighted by atomic mass is 9.67. The van der Waals surface area contributed by atoms with Crippen LogP contribution in [0.1, 0.15) is 110 Å². The van der Waals surface area contributed by atoms with Gasteiger partial charge in [-0.3, -0.25) is 9.59 Å². The number of rotatable bonds is 17. The number of hydrogen-bond acceptors (Lipinski definition) is 4. The molecule has 3 N–H and O–H groups in total. The summed E-state index contributed by atoms with van der Waals surface area (Å²) in [5.74, 6) is -4.35. The van der Waals surface area contributed by atoms with E-state index in [4.69, 9.17) is 5.11 Å². The number of carboxylic acid groups (broad SMARTS) is 1. The summed E-state index contributed by atoms with van der Waals surface area (Å²) in [6.45, 7) is 2.27. The van der Waals surface area contributed by atoms with Crippen molar-refractivity contribution in [3.63, 3.8) is 0 Å². The summed E-state index contributed by atoms with van der Waals surface area (Å²) in [6.07, 6.45) is 6.86. The molecule has 1 aliphatic rings. The number of fused-ring (bicyclic) bond motifs is 2. The molecule has 246 valence electrons. The predicted octanol–water partition coefficient (Wildman–Crippen LogP) is 8.10. The first-order valence-corrected chi connectivity index (χ1v) is 16.0. The van der Waals surface area contributed by atoms with E-state index in [1.54, 1.807) is 6.07 Å². The van der Waals surface area contributed by atoms with E-state index in [0.717, 1.165) is 30.4 Å². The normalized spacial score (nSPS) is 13.5. The van der Waals surface area contributed by atoms with E-state index in [9.17, 15) is 27.6 Å². The van der Waals surface area contributed by atoms with Gasteiger partial charge in [-0.2, -0.15) is 0 Å². The minimum atomic E-state index is -5.02. The minimum Gasteiger partial charge on any atom is -0.474 e. The topological polar surface area (TPSA) is 105 Å². The van der Waals surface area contributed by atoms with E-state index in [2.05, 4.69) is 22.3 Å². The maximum Gasteiger partial charge on any atom is 0.573 e. The Labute approximate surface area is 267 Å². The summed E-state index contributed by atoms with van der Waals surface area (Å²) in [6, 6.07) is 17.4. The molecule has 0 heterocycles. The maximum atomic E-state index is 13.5. The Morgan fingerprint density at radius 2 is 1.48 bits per heavy atom. The van der Waals surface area contributed by atoms with Gasteiger partial charge in [-0.05, 0) is 40.3 Å². The van der Waals surface area contributed by atoms with Crippen molar-refractivity contribution in [2.75, 3.05) is 6.54 Å². The van der Waals surface area contributed by atoms with Crippen molar-refractivity contribution in [3.05, 3.63) is 88.5 Å². The molecule has 3 aromatic rings. The third kappa shape index (κ3) is 9.11. The maximum absolute atomic E-state index is 13.5. The molecule has 0 spiro atoms. The molecule has 0 fully saturated rings. The van der Waals surface area contributed by atoms with E-state index in [0.29, 0.717) is 28.8 Å². The highest BCUT2D eigenvalue weighted by atomic mass is 19.4. The average Bonchev–Trinajstić information content (AvgIpc) is 3.02. The summed E-state index contributed by atoms with van der Waals surface area (Å²) in [5.41, 5.74) is 4.04. The molecule has 1 unspecified atom stereocenters. The first-order valence-electron chi connectivity index (χ1n) is 16.0. The molecule has 1 atom stereocenters. The van der Waals surface area contributed by atoms with Gasteiger partial charge in [-0.25, -0.2) is 4.79 Å². The van der Waals surface area contributed by atoms with Gasteiger partial charge in [0.1, 0.15) is 5.75 Å². The largest absolute Gasteiger partial charge is 0.573 e. The van der Waals surface area contributed by atoms with Crippen LogP contribution in [-0.2, 0) is 16.1 Å². The Morgan fingerprint density at radius 1 is 0.826 bits per heavy atom. The molecular weight excluding hydrogens is 597 g/mol. The van der Waals surface area contributed by atoms with Gasteiger partial charge in [0.2, 0.25) is 0 Å². The van der Waals surface area contributed by atoms with Gasteiger partial charge in [0, 0.05) is 30.1 Å². The number of hydrogen-bond donors (Lipinski definition) is 3. The molecular formula is C36H41F3N2O5. The number of alkyl halides is 3. The van der Waals surface area contributed by atoms with Crippen LogP contribution in [0.3, 0.4) is 0 Å². The monoisotopic (exact) mass is 638 g/mol. The lowest BCUT2D eigenvalue weighted by molar-refractivity contribution is -0.274. The fourth-order valence-electron chi connectivity index (χ4n) is 5.99. The first-order chi connectivity index (χ1) is 22.1. The minimum absolute atomic E-state index is 0.0450. The molecule has 0 aliphatic heterocycles. The van der Waals surface area contributed by atoms with E-state index in [-0.39, 0.29) is 11.5 Å². The van der Waals surface area contributed by atoms with Crippen molar-refractivity contribution in [1.29, 1.82) is 0 Å². The van der Waals surface area contributed by atoms with Crippen LogP contribution < -0.4 is 15.4 Å². The standard InChI is InChI=1S/C36H41F3N2O5/c1-2-3-4-5-6-7-8-9-10-14-21-40-33(42)32-28-20-19-27(24-15-12-11-13-16-24)31(32)30(28)25-17-18-26(23-41-34(43)35(44)45)29(22-25)46-36(37,38)39/h11-13,15-20,22,30H,2-10,14,21,23H2,1H3,(H,40,42)(H,41,43)(H,44,45). The molecule has 0 aromatic heterocycles. The van der Waals surface area contributed by atoms with Gasteiger partial charge in [0.05, 0.1) is 0 Å². The van der Waals surface area contributed by atoms with Crippen LogP contribution in [0.2, 0.25) is 0 Å². The van der Waals surface area contributed by atoms with Crippen LogP contribution in [0, 0.1) is 0 Å². The molecule has 2 amide bonds. The Balaban J connectivity index is 1.49. The SMILES string of the molecule is CCCCCCCCCCCCNC(=O)c1c2ccc(-c3ccccc3)c1C2c1ccc(CNC(=O)C(=O)O)c(OC(F)(F)F)c1. The molecule has 46 heavy (non-hydrogen) atoms. The zero-order chi connectivity index (χ0) is 33.1. The third-order valence-corrected chi connectivity index (χ3v) is 8.29. The lowest BCUT2D eigenvalue weighted by Gasteiger charge is -2.36. The molecule has 10 heteroatoms. The van der Waals surface area contributed by atoms with Crippen LogP contribution in [0.4, 0.5) is 13.2 Å². The molecule has 3 aromatic carbocycles. The Hall–Kier alpha value is -4.34. The number of carbonyl (C=O) groups excluding carboxylic acids is 2. The molecule has 1 aliphatic carbocycles. The van der Waals surface area contributed by atoms with Crippen molar-refractivity contribution in [2.45, 2.75) is 90.0 Å². The Morgan fingerprint density at radius 3 is 2.11 bits per heavy atom. The van der Waals surface area contributed by atoms with Crippen molar-refractivity contribution in [3.8, 4) is 16.9 Å². The molecule has 4 rings (SSSR count). The van der Waals surface area contributed by atoms with Gasteiger partial charge in [0.25, 0.3) is 5.91 Å². The van der Waals surface area contributed by atoms with Gasteiger partial charge in [-0.15, -0.1) is 13.2 Å². The number of unbranched alkanes of at least 4 members (excludes halogenated alkanes) is 9. The van der Waals surface area contributed by atoms with Crippen LogP contribution in [0.15, 0.2) is 60.7 Å². The fraction of sp³-hybridized carbons (Fsp3) is 0.417. The van der Waals surface area contributed by atoms with Gasteiger partial charge in [0.15, 0.2) is 0 Å². The highest BCUT2D eigenvalue weighted by Gasteiger charge is 2.39. The number of benzene rings is 3. The summed E-state index contributed by atoms with van der Waals surface area (Å²) < 4.78 is 44.4. The highest BCUT2D eigenvalue weighted by Crippen LogP contribution is 2.51. The number of ether oxygens (including phenoxy) is 1. The van der Waals surface area contributed by atoms with Crippen molar-refractivity contribution in [1.82, 2.24) is 10.6 Å². The average molecular weight is 639 g/mol. The van der Waals surface area contributed by atoms with Crippen LogP contribution in [0.5, 0.6) is 5.75 Å². The van der Waals surface area contributed by atoms with Crippen molar-refractivity contribution < 1.29 is 37.4 Å². The number of halogens is 3. The summed E-state index contributed by atoms with van der Waals surface area (Å²) in [4.78, 5) is 35.8. The van der Waals surface area contributed by atoms with Crippen molar-refractivity contribution >= 4 is 17.8 Å². The zero-order valence-electron chi connectivity index (χ0n) is 26.1. The second-order valence-electron chi connectivity index (χ2n) is 11.6. The van der Waals surface area contributed by atoms with E-state index >= 15 is 0 Å². The van der Waals surface area contributed by atoms with Gasteiger partial charge in [-0.1, -0.05) is 119 Å². The molecule has 7 nitrogen and oxygen atoms in total. The van der Waals surface area contributed by atoms with Gasteiger partial charge < -0.3 is 20.5 Å². The number of aliphatic carboxylic acids is 1. The third-order valence-electron chi connectivity index (χ3n) is 8.29. The predicted molar refractivity (Wildman–Crippen MR) is 170 cm³/mol. The second kappa shape index (κ2) is 16.3. The fourth-order valence-corrected chi connectivity index (χ4v) is 5.99. The van der Waals surface area contributed by atoms with Crippen molar-refractivity contribution in [2.24, 2.45) is 0 Å². The summed E-state index contributed by atoms with van der Waals surface area (Å²) in [5, 5.41) is 13.9. The lowest BCUT2D eigenvalue weighted by Crippen LogP contribution is -2.33. The molecule has 0 radical (unpaired) electrons. The smallest absolute Gasteiger partial charge is 0.474 e. The van der Waals surface area contributed by atoms with Crippen LogP contribution >= 0.6 is 0 Å². The van der Waals surface area contributed by atoms with E-state index in [1.165, 1.54) is 57.1 Å². The van der Waals surface area contributed by atoms with E-state index < -0.39 is 36.5 Å². The van der Waals surface area contributed by atoms with Gasteiger partial charge >= 0.3 is 18.2 Å². The Bertz CT molecular complexity index is 1510. The Kier molecular flexibility index (Phi) is 12.2. The molecule has 0 saturated heterocycles. The number of carboxylic acids is 1. The van der Waals surface area contributed by atoms with E-state index in [1.807, 2.05) is 42.5 Å². The second-order valence-corrected chi connectivity index (χ2v) is 11.6. The quantitative estimate of drug-likeness (QED) is 0.0801. The number of carbonyl (C=O) groups is 3. The number of amides is 2. The summed E-state index contributed by atoms with van der Waals surface area (Å²) in [7, 11) is 0. The molecule has 2 bridgehead atoms. The van der Waals surface area contributed by atoms with Crippen LogP contribution in [0.25, 0.3) is 11.1 Å². The van der Waals surface area contributed by atoms with Crippen LogP contribution in [-0.4, -0.2) is 35.8 Å².